The van der Waals surface area contributed by atoms with Crippen LogP contribution in [0.4, 0.5) is 0 Å². The molecule has 1 amide bonds. The lowest BCUT2D eigenvalue weighted by Gasteiger charge is -2.37. The zero-order chi connectivity index (χ0) is 25.9. The molecule has 0 radical (unpaired) electrons. The van der Waals surface area contributed by atoms with Gasteiger partial charge in [-0.05, 0) is 79.6 Å². The van der Waals surface area contributed by atoms with Crippen LogP contribution in [0.2, 0.25) is 5.02 Å². The number of fused-ring (bicyclic) bond motifs is 1. The number of nitrogens with zero attached hydrogens (tertiary/aromatic N) is 2. The van der Waals surface area contributed by atoms with Crippen molar-refractivity contribution < 1.29 is 17.9 Å². The maximum absolute atomic E-state index is 13.6. The van der Waals surface area contributed by atoms with E-state index < -0.39 is 10.0 Å². The van der Waals surface area contributed by atoms with E-state index in [0.717, 1.165) is 23.1 Å². The molecule has 0 fully saturated rings. The first kappa shape index (κ1) is 26.7. The highest BCUT2D eigenvalue weighted by atomic mass is 35.5. The lowest BCUT2D eigenvalue weighted by molar-refractivity contribution is -0.135. The van der Waals surface area contributed by atoms with E-state index in [1.54, 1.807) is 46.6 Å². The number of aryl methyl sites for hydroxylation is 2. The SMILES string of the molecule is CCCN(CC(=O)N1CCc2sccc2C1COc1ccc(Cl)c(C)c1)S(=O)(=O)c1ccc(C)cc1. The Morgan fingerprint density at radius 1 is 1.17 bits per heavy atom. The Morgan fingerprint density at radius 3 is 2.61 bits per heavy atom. The Bertz CT molecular complexity index is 1320. The van der Waals surface area contributed by atoms with Crippen molar-refractivity contribution in [3.05, 3.63) is 80.5 Å². The quantitative estimate of drug-likeness (QED) is 0.349. The Morgan fingerprint density at radius 2 is 1.92 bits per heavy atom. The number of carbonyl (C=O) groups is 1. The van der Waals surface area contributed by atoms with Gasteiger partial charge in [0.15, 0.2) is 0 Å². The summed E-state index contributed by atoms with van der Waals surface area (Å²) in [4.78, 5) is 16.8. The van der Waals surface area contributed by atoms with Gasteiger partial charge < -0.3 is 9.64 Å². The summed E-state index contributed by atoms with van der Waals surface area (Å²) in [6, 6.07) is 14.0. The summed E-state index contributed by atoms with van der Waals surface area (Å²) in [7, 11) is -3.80. The fourth-order valence-corrected chi connectivity index (χ4v) is 6.92. The van der Waals surface area contributed by atoms with Gasteiger partial charge in [-0.3, -0.25) is 4.79 Å². The van der Waals surface area contributed by atoms with E-state index in [0.29, 0.717) is 23.7 Å². The Labute approximate surface area is 222 Å². The summed E-state index contributed by atoms with van der Waals surface area (Å²) in [5, 5.41) is 2.70. The first-order valence-corrected chi connectivity index (χ1v) is 14.7. The molecule has 0 bridgehead atoms. The predicted molar refractivity (Wildman–Crippen MR) is 144 cm³/mol. The summed E-state index contributed by atoms with van der Waals surface area (Å²) >= 11 is 7.82. The van der Waals surface area contributed by atoms with Crippen LogP contribution in [0.15, 0.2) is 58.8 Å². The Hall–Kier alpha value is -2.39. The van der Waals surface area contributed by atoms with Gasteiger partial charge in [0.1, 0.15) is 12.4 Å². The van der Waals surface area contributed by atoms with Crippen LogP contribution in [0, 0.1) is 13.8 Å². The molecule has 192 valence electrons. The van der Waals surface area contributed by atoms with E-state index in [2.05, 4.69) is 0 Å². The molecule has 4 rings (SSSR count). The van der Waals surface area contributed by atoms with E-state index in [1.165, 1.54) is 9.18 Å². The lowest BCUT2D eigenvalue weighted by Crippen LogP contribution is -2.48. The number of benzene rings is 2. The first-order chi connectivity index (χ1) is 17.2. The second-order valence-electron chi connectivity index (χ2n) is 9.03. The molecule has 2 aromatic carbocycles. The number of ether oxygens (including phenoxy) is 1. The van der Waals surface area contributed by atoms with Crippen molar-refractivity contribution in [2.24, 2.45) is 0 Å². The van der Waals surface area contributed by atoms with E-state index in [-0.39, 0.29) is 36.5 Å². The van der Waals surface area contributed by atoms with Crippen LogP contribution in [0.3, 0.4) is 0 Å². The van der Waals surface area contributed by atoms with Crippen molar-refractivity contribution in [2.75, 3.05) is 26.2 Å². The molecule has 1 aliphatic heterocycles. The van der Waals surface area contributed by atoms with E-state index in [9.17, 15) is 13.2 Å². The zero-order valence-electron chi connectivity index (χ0n) is 20.7. The minimum Gasteiger partial charge on any atom is -0.491 e. The van der Waals surface area contributed by atoms with Crippen molar-refractivity contribution >= 4 is 38.9 Å². The largest absolute Gasteiger partial charge is 0.491 e. The highest BCUT2D eigenvalue weighted by Gasteiger charge is 2.35. The van der Waals surface area contributed by atoms with E-state index >= 15 is 0 Å². The van der Waals surface area contributed by atoms with Gasteiger partial charge >= 0.3 is 0 Å². The fourth-order valence-electron chi connectivity index (χ4n) is 4.39. The minimum atomic E-state index is -3.80. The van der Waals surface area contributed by atoms with Crippen molar-refractivity contribution in [1.82, 2.24) is 9.21 Å². The van der Waals surface area contributed by atoms with Gasteiger partial charge in [-0.1, -0.05) is 36.2 Å². The third kappa shape index (κ3) is 5.78. The summed E-state index contributed by atoms with van der Waals surface area (Å²) < 4.78 is 34.2. The monoisotopic (exact) mass is 546 g/mol. The highest BCUT2D eigenvalue weighted by molar-refractivity contribution is 7.89. The summed E-state index contributed by atoms with van der Waals surface area (Å²) in [6.45, 7) is 6.58. The minimum absolute atomic E-state index is 0.200. The molecular formula is C27H31ClN2O4S2. The van der Waals surface area contributed by atoms with Crippen molar-refractivity contribution in [1.29, 1.82) is 0 Å². The second kappa shape index (κ2) is 11.3. The number of sulfonamides is 1. The molecule has 0 N–H and O–H groups in total. The maximum Gasteiger partial charge on any atom is 0.243 e. The van der Waals surface area contributed by atoms with Crippen molar-refractivity contribution in [3.63, 3.8) is 0 Å². The normalized spacial score (nSPS) is 15.7. The van der Waals surface area contributed by atoms with Crippen molar-refractivity contribution in [3.8, 4) is 5.75 Å². The van der Waals surface area contributed by atoms with Gasteiger partial charge in [0, 0.05) is 23.0 Å². The average Bonchev–Trinajstić information content (AvgIpc) is 3.33. The third-order valence-corrected chi connectivity index (χ3v) is 9.68. The number of rotatable bonds is 9. The molecule has 3 aromatic rings. The molecule has 0 saturated carbocycles. The van der Waals surface area contributed by atoms with Crippen LogP contribution >= 0.6 is 22.9 Å². The molecular weight excluding hydrogens is 516 g/mol. The lowest BCUT2D eigenvalue weighted by atomic mass is 10.0. The van der Waals surface area contributed by atoms with Crippen LogP contribution in [0.5, 0.6) is 5.75 Å². The van der Waals surface area contributed by atoms with Crippen LogP contribution in [0.1, 0.15) is 41.0 Å². The van der Waals surface area contributed by atoms with E-state index in [1.807, 2.05) is 44.4 Å². The summed E-state index contributed by atoms with van der Waals surface area (Å²) in [6.07, 6.45) is 1.35. The van der Waals surface area contributed by atoms with Gasteiger partial charge in [-0.2, -0.15) is 4.31 Å². The van der Waals surface area contributed by atoms with E-state index in [4.69, 9.17) is 16.3 Å². The molecule has 2 heterocycles. The number of hydrogen-bond acceptors (Lipinski definition) is 5. The second-order valence-corrected chi connectivity index (χ2v) is 12.4. The number of thiophene rings is 1. The molecule has 0 saturated heterocycles. The molecule has 0 spiro atoms. The first-order valence-electron chi connectivity index (χ1n) is 12.0. The number of carbonyl (C=O) groups excluding carboxylic acids is 1. The van der Waals surface area contributed by atoms with Crippen LogP contribution in [-0.4, -0.2) is 49.8 Å². The van der Waals surface area contributed by atoms with Crippen LogP contribution in [-0.2, 0) is 21.2 Å². The summed E-state index contributed by atoms with van der Waals surface area (Å²) in [5.74, 6) is 0.457. The van der Waals surface area contributed by atoms with Gasteiger partial charge in [0.25, 0.3) is 0 Å². The molecule has 6 nitrogen and oxygen atoms in total. The highest BCUT2D eigenvalue weighted by Crippen LogP contribution is 2.34. The third-order valence-electron chi connectivity index (χ3n) is 6.40. The number of hydrogen-bond donors (Lipinski definition) is 0. The van der Waals surface area contributed by atoms with Gasteiger partial charge in [0.05, 0.1) is 17.5 Å². The summed E-state index contributed by atoms with van der Waals surface area (Å²) in [5.41, 5.74) is 2.96. The molecule has 36 heavy (non-hydrogen) atoms. The zero-order valence-corrected chi connectivity index (χ0v) is 23.1. The number of halogens is 1. The molecule has 9 heteroatoms. The Balaban J connectivity index is 1.56. The maximum atomic E-state index is 13.6. The van der Waals surface area contributed by atoms with Gasteiger partial charge in [0.2, 0.25) is 15.9 Å². The fraction of sp³-hybridized carbons (Fsp3) is 0.370. The predicted octanol–water partition coefficient (Wildman–Crippen LogP) is 5.62. The van der Waals surface area contributed by atoms with Crippen LogP contribution < -0.4 is 4.74 Å². The molecule has 1 unspecified atom stereocenters. The van der Waals surface area contributed by atoms with Gasteiger partial charge in [-0.15, -0.1) is 11.3 Å². The average molecular weight is 547 g/mol. The smallest absolute Gasteiger partial charge is 0.243 e. The molecule has 1 atom stereocenters. The molecule has 1 aliphatic rings. The standard InChI is InChI=1S/C27H31ClN2O4S2/c1-4-13-29(36(32,33)22-8-5-19(2)6-9-22)17-27(31)30-14-11-26-23(12-15-35-26)25(30)18-34-21-7-10-24(28)20(3)16-21/h5-10,12,15-16,25H,4,11,13-14,17-18H2,1-3H3. The van der Waals surface area contributed by atoms with Gasteiger partial charge in [-0.25, -0.2) is 8.42 Å². The molecule has 0 aliphatic carbocycles. The molecule has 1 aromatic heterocycles. The topological polar surface area (TPSA) is 66.9 Å². The van der Waals surface area contributed by atoms with Crippen molar-refractivity contribution in [2.45, 2.75) is 44.6 Å². The Kier molecular flexibility index (Phi) is 8.40. The number of amides is 1. The van der Waals surface area contributed by atoms with Crippen LogP contribution in [0.25, 0.3) is 0 Å².